The second-order valence-electron chi connectivity index (χ2n) is 5.72. The summed E-state index contributed by atoms with van der Waals surface area (Å²) in [5.41, 5.74) is 1.43. The van der Waals surface area contributed by atoms with Crippen LogP contribution in [0, 0.1) is 12.7 Å². The molecule has 2 heterocycles. The van der Waals surface area contributed by atoms with Crippen LogP contribution in [0.1, 0.15) is 40.2 Å². The van der Waals surface area contributed by atoms with Crippen LogP contribution in [-0.4, -0.2) is 23.3 Å². The van der Waals surface area contributed by atoms with Gasteiger partial charge in [-0.15, -0.1) is 0 Å². The molecule has 0 aliphatic carbocycles. The number of nitrogens with zero attached hydrogens (tertiary/aromatic N) is 2. The molecule has 2 amide bonds. The van der Waals surface area contributed by atoms with Gasteiger partial charge in [-0.05, 0) is 37.5 Å². The number of carbonyl (C=O) groups is 2. The van der Waals surface area contributed by atoms with E-state index in [2.05, 4.69) is 10.3 Å². The number of piperidine rings is 1. The monoisotopic (exact) mass is 347 g/mol. The molecule has 1 aliphatic heterocycles. The van der Waals surface area contributed by atoms with Crippen molar-refractivity contribution >= 4 is 28.3 Å². The van der Waals surface area contributed by atoms with Crippen LogP contribution in [0.2, 0.25) is 0 Å². The van der Waals surface area contributed by atoms with Crippen molar-refractivity contribution in [1.29, 1.82) is 0 Å². The molecule has 0 saturated carbocycles. The summed E-state index contributed by atoms with van der Waals surface area (Å²) in [6, 6.07) is 5.99. The number of aryl methyl sites for hydroxylation is 1. The van der Waals surface area contributed by atoms with E-state index in [9.17, 15) is 14.0 Å². The fraction of sp³-hybridized carbons (Fsp3) is 0.353. The highest BCUT2D eigenvalue weighted by Gasteiger charge is 2.25. The Bertz CT molecular complexity index is 758. The van der Waals surface area contributed by atoms with E-state index in [1.165, 1.54) is 23.5 Å². The van der Waals surface area contributed by atoms with Crippen LogP contribution in [0.15, 0.2) is 24.3 Å². The molecule has 7 heteroatoms. The van der Waals surface area contributed by atoms with Gasteiger partial charge in [0.05, 0.1) is 5.69 Å². The van der Waals surface area contributed by atoms with Crippen LogP contribution < -0.4 is 10.2 Å². The largest absolute Gasteiger partial charge is 0.347 e. The van der Waals surface area contributed by atoms with E-state index in [4.69, 9.17) is 0 Å². The molecule has 1 aromatic carbocycles. The molecule has 1 saturated heterocycles. The number of amides is 2. The van der Waals surface area contributed by atoms with Gasteiger partial charge in [-0.25, -0.2) is 9.37 Å². The minimum atomic E-state index is -0.306. The lowest BCUT2D eigenvalue weighted by atomic mass is 10.1. The number of carbonyl (C=O) groups excluding carboxylic acids is 2. The molecule has 5 nitrogen and oxygen atoms in total. The molecule has 0 atom stereocenters. The van der Waals surface area contributed by atoms with Crippen molar-refractivity contribution < 1.29 is 14.0 Å². The summed E-state index contributed by atoms with van der Waals surface area (Å²) in [7, 11) is 0. The van der Waals surface area contributed by atoms with Crippen molar-refractivity contribution in [3.05, 3.63) is 46.2 Å². The van der Waals surface area contributed by atoms with Crippen LogP contribution >= 0.6 is 11.3 Å². The Balaban J connectivity index is 1.68. The van der Waals surface area contributed by atoms with Gasteiger partial charge in [-0.3, -0.25) is 14.5 Å². The highest BCUT2D eigenvalue weighted by molar-refractivity contribution is 7.17. The van der Waals surface area contributed by atoms with E-state index in [-0.39, 0.29) is 17.6 Å². The summed E-state index contributed by atoms with van der Waals surface area (Å²) >= 11 is 1.24. The Morgan fingerprint density at radius 3 is 2.79 bits per heavy atom. The van der Waals surface area contributed by atoms with Crippen LogP contribution in [0.4, 0.5) is 9.52 Å². The Morgan fingerprint density at radius 2 is 2.08 bits per heavy atom. The van der Waals surface area contributed by atoms with Gasteiger partial charge < -0.3 is 5.32 Å². The third-order valence-corrected chi connectivity index (χ3v) is 5.09. The average molecular weight is 347 g/mol. The Kier molecular flexibility index (Phi) is 4.89. The van der Waals surface area contributed by atoms with Crippen LogP contribution in [0.25, 0.3) is 0 Å². The first-order chi connectivity index (χ1) is 11.5. The molecular formula is C17H18FN3O2S. The lowest BCUT2D eigenvalue weighted by molar-refractivity contribution is -0.119. The molecule has 1 aliphatic rings. The van der Waals surface area contributed by atoms with Crippen molar-refractivity contribution in [1.82, 2.24) is 10.3 Å². The molecule has 3 rings (SSSR count). The third kappa shape index (κ3) is 3.62. The second-order valence-corrected chi connectivity index (χ2v) is 6.70. The van der Waals surface area contributed by atoms with Crippen LogP contribution in [-0.2, 0) is 11.3 Å². The lowest BCUT2D eigenvalue weighted by Gasteiger charge is -2.23. The molecule has 1 N–H and O–H groups in total. The van der Waals surface area contributed by atoms with Crippen molar-refractivity contribution in [3.8, 4) is 0 Å². The number of rotatable bonds is 4. The van der Waals surface area contributed by atoms with E-state index in [1.807, 2.05) is 0 Å². The van der Waals surface area contributed by atoms with Crippen molar-refractivity contribution in [2.75, 3.05) is 11.4 Å². The van der Waals surface area contributed by atoms with Crippen LogP contribution in [0.5, 0.6) is 0 Å². The topological polar surface area (TPSA) is 62.3 Å². The average Bonchev–Trinajstić information content (AvgIpc) is 2.96. The summed E-state index contributed by atoms with van der Waals surface area (Å²) in [6.45, 7) is 2.73. The minimum absolute atomic E-state index is 0.0632. The Morgan fingerprint density at radius 1 is 1.33 bits per heavy atom. The van der Waals surface area contributed by atoms with E-state index in [0.717, 1.165) is 18.4 Å². The molecule has 1 aromatic heterocycles. The summed E-state index contributed by atoms with van der Waals surface area (Å²) in [5.74, 6) is -0.475. The number of hydrogen-bond acceptors (Lipinski definition) is 4. The molecule has 2 aromatic rings. The maximum atomic E-state index is 12.9. The Labute approximate surface area is 143 Å². The van der Waals surface area contributed by atoms with E-state index in [0.29, 0.717) is 35.2 Å². The molecule has 0 bridgehead atoms. The zero-order chi connectivity index (χ0) is 17.1. The van der Waals surface area contributed by atoms with Gasteiger partial charge in [0, 0.05) is 19.5 Å². The minimum Gasteiger partial charge on any atom is -0.347 e. The highest BCUT2D eigenvalue weighted by Crippen LogP contribution is 2.28. The zero-order valence-corrected chi connectivity index (χ0v) is 14.2. The van der Waals surface area contributed by atoms with Gasteiger partial charge in [-0.1, -0.05) is 23.5 Å². The van der Waals surface area contributed by atoms with Gasteiger partial charge >= 0.3 is 0 Å². The lowest BCUT2D eigenvalue weighted by Crippen LogP contribution is -2.35. The van der Waals surface area contributed by atoms with Gasteiger partial charge in [0.15, 0.2) is 5.13 Å². The van der Waals surface area contributed by atoms with E-state index >= 15 is 0 Å². The maximum absolute atomic E-state index is 12.9. The Hall–Kier alpha value is -2.28. The maximum Gasteiger partial charge on any atom is 0.263 e. The van der Waals surface area contributed by atoms with E-state index in [1.54, 1.807) is 24.0 Å². The van der Waals surface area contributed by atoms with Gasteiger partial charge in [0.2, 0.25) is 5.91 Å². The number of benzene rings is 1. The summed E-state index contributed by atoms with van der Waals surface area (Å²) < 4.78 is 12.9. The number of thiazole rings is 1. The molecule has 126 valence electrons. The molecule has 0 radical (unpaired) electrons. The molecule has 0 spiro atoms. The van der Waals surface area contributed by atoms with Crippen molar-refractivity contribution in [2.24, 2.45) is 0 Å². The standard InChI is InChI=1S/C17H18FN3O2S/c1-11-15(16(23)19-10-12-5-7-13(18)8-6-12)24-17(20-11)21-9-3-2-4-14(21)22/h5-8H,2-4,9-10H2,1H3,(H,19,23). The third-order valence-electron chi connectivity index (χ3n) is 3.91. The van der Waals surface area contributed by atoms with Gasteiger partial charge in [-0.2, -0.15) is 0 Å². The first-order valence-corrected chi connectivity index (χ1v) is 8.66. The molecule has 0 unspecified atom stereocenters. The quantitative estimate of drug-likeness (QED) is 0.925. The first kappa shape index (κ1) is 16.6. The summed E-state index contributed by atoms with van der Waals surface area (Å²) in [4.78, 5) is 30.9. The predicted molar refractivity (Wildman–Crippen MR) is 90.6 cm³/mol. The zero-order valence-electron chi connectivity index (χ0n) is 13.3. The number of anilines is 1. The van der Waals surface area contributed by atoms with Crippen LogP contribution in [0.3, 0.4) is 0 Å². The molecule has 1 fully saturated rings. The number of hydrogen-bond donors (Lipinski definition) is 1. The number of nitrogens with one attached hydrogen (secondary N) is 1. The molecular weight excluding hydrogens is 329 g/mol. The van der Waals surface area contributed by atoms with Gasteiger partial charge in [0.1, 0.15) is 10.7 Å². The number of halogens is 1. The fourth-order valence-corrected chi connectivity index (χ4v) is 3.61. The SMILES string of the molecule is Cc1nc(N2CCCCC2=O)sc1C(=O)NCc1ccc(F)cc1. The van der Waals surface area contributed by atoms with E-state index < -0.39 is 0 Å². The summed E-state index contributed by atoms with van der Waals surface area (Å²) in [5, 5.41) is 3.40. The highest BCUT2D eigenvalue weighted by atomic mass is 32.1. The number of aromatic nitrogens is 1. The van der Waals surface area contributed by atoms with Crippen molar-refractivity contribution in [3.63, 3.8) is 0 Å². The normalized spacial score (nSPS) is 14.8. The molecule has 24 heavy (non-hydrogen) atoms. The first-order valence-electron chi connectivity index (χ1n) is 7.85. The smallest absolute Gasteiger partial charge is 0.263 e. The van der Waals surface area contributed by atoms with Crippen molar-refractivity contribution in [2.45, 2.75) is 32.7 Å². The summed E-state index contributed by atoms with van der Waals surface area (Å²) in [6.07, 6.45) is 2.39. The van der Waals surface area contributed by atoms with Gasteiger partial charge in [0.25, 0.3) is 5.91 Å². The fourth-order valence-electron chi connectivity index (χ4n) is 2.58. The second kappa shape index (κ2) is 7.09. The predicted octanol–water partition coefficient (Wildman–Crippen LogP) is 3.04.